The van der Waals surface area contributed by atoms with E-state index in [1.54, 1.807) is 12.5 Å². The summed E-state index contributed by atoms with van der Waals surface area (Å²) in [5.41, 5.74) is 1.36. The Bertz CT molecular complexity index is 625. The van der Waals surface area contributed by atoms with Gasteiger partial charge in [-0.1, -0.05) is 12.1 Å². The van der Waals surface area contributed by atoms with Crippen molar-refractivity contribution in [1.82, 2.24) is 15.2 Å². The minimum atomic E-state index is -0.129. The van der Waals surface area contributed by atoms with E-state index in [0.29, 0.717) is 12.2 Å². The zero-order valence-electron chi connectivity index (χ0n) is 13.1. The van der Waals surface area contributed by atoms with Crippen molar-refractivity contribution in [3.8, 4) is 16.3 Å². The highest BCUT2D eigenvalue weighted by Gasteiger charge is 2.13. The molecule has 1 aromatic carbocycles. The van der Waals surface area contributed by atoms with E-state index in [4.69, 9.17) is 4.74 Å². The number of rotatable bonds is 7. The molecule has 0 bridgehead atoms. The fourth-order valence-corrected chi connectivity index (χ4v) is 2.84. The van der Waals surface area contributed by atoms with Crippen LogP contribution in [0.4, 0.5) is 0 Å². The van der Waals surface area contributed by atoms with E-state index in [9.17, 15) is 4.79 Å². The first kappa shape index (κ1) is 16.5. The molecule has 0 saturated heterocycles. The maximum atomic E-state index is 12.1. The van der Waals surface area contributed by atoms with Crippen LogP contribution in [0, 0.1) is 0 Å². The van der Waals surface area contributed by atoms with E-state index in [-0.39, 0.29) is 5.91 Å². The highest BCUT2D eigenvalue weighted by atomic mass is 32.1. The number of carbonyl (C=O) groups is 1. The first-order valence-corrected chi connectivity index (χ1v) is 8.01. The Hall–Kier alpha value is -1.92. The lowest BCUT2D eigenvalue weighted by atomic mass is 10.2. The van der Waals surface area contributed by atoms with E-state index in [0.717, 1.165) is 29.3 Å². The second-order valence-corrected chi connectivity index (χ2v) is 6.01. The molecule has 0 unspecified atom stereocenters. The van der Waals surface area contributed by atoms with Crippen LogP contribution in [0.15, 0.2) is 29.6 Å². The largest absolute Gasteiger partial charge is 0.496 e. The number of carbonyl (C=O) groups excluding carboxylic acids is 1. The van der Waals surface area contributed by atoms with E-state index >= 15 is 0 Å². The van der Waals surface area contributed by atoms with Gasteiger partial charge in [0.25, 0.3) is 5.91 Å². The summed E-state index contributed by atoms with van der Waals surface area (Å²) in [5, 5.41) is 5.46. The molecule has 0 saturated carbocycles. The lowest BCUT2D eigenvalue weighted by Crippen LogP contribution is -2.27. The van der Waals surface area contributed by atoms with Gasteiger partial charge < -0.3 is 15.0 Å². The lowest BCUT2D eigenvalue weighted by Gasteiger charge is -2.09. The Morgan fingerprint density at radius 1 is 1.36 bits per heavy atom. The zero-order valence-corrected chi connectivity index (χ0v) is 13.9. The van der Waals surface area contributed by atoms with Crippen molar-refractivity contribution in [3.05, 3.63) is 35.3 Å². The molecule has 1 aromatic heterocycles. The molecule has 0 radical (unpaired) electrons. The summed E-state index contributed by atoms with van der Waals surface area (Å²) >= 11 is 1.44. The smallest absolute Gasteiger partial charge is 0.270 e. The Balaban J connectivity index is 2.00. The summed E-state index contributed by atoms with van der Waals surface area (Å²) in [5.74, 6) is 0.631. The van der Waals surface area contributed by atoms with E-state index < -0.39 is 0 Å². The quantitative estimate of drug-likeness (QED) is 0.797. The molecule has 22 heavy (non-hydrogen) atoms. The Kier molecular flexibility index (Phi) is 5.91. The van der Waals surface area contributed by atoms with Gasteiger partial charge in [-0.05, 0) is 39.2 Å². The number of benzene rings is 1. The van der Waals surface area contributed by atoms with Gasteiger partial charge in [0.1, 0.15) is 16.5 Å². The van der Waals surface area contributed by atoms with E-state index in [1.165, 1.54) is 11.3 Å². The van der Waals surface area contributed by atoms with Crippen LogP contribution in [0.5, 0.6) is 5.75 Å². The number of nitrogens with zero attached hydrogens (tertiary/aromatic N) is 2. The third-order valence-electron chi connectivity index (χ3n) is 3.14. The highest BCUT2D eigenvalue weighted by molar-refractivity contribution is 7.13. The Morgan fingerprint density at radius 3 is 2.86 bits per heavy atom. The van der Waals surface area contributed by atoms with Crippen molar-refractivity contribution in [3.63, 3.8) is 0 Å². The van der Waals surface area contributed by atoms with Crippen LogP contribution in [0.25, 0.3) is 10.6 Å². The average Bonchev–Trinajstić information content (AvgIpc) is 3.01. The van der Waals surface area contributed by atoms with Crippen LogP contribution >= 0.6 is 11.3 Å². The van der Waals surface area contributed by atoms with Gasteiger partial charge >= 0.3 is 0 Å². The van der Waals surface area contributed by atoms with E-state index in [1.807, 2.05) is 38.4 Å². The van der Waals surface area contributed by atoms with Crippen LogP contribution in [0.1, 0.15) is 16.9 Å². The van der Waals surface area contributed by atoms with E-state index in [2.05, 4.69) is 15.2 Å². The molecule has 0 aliphatic rings. The molecule has 0 aliphatic heterocycles. The molecule has 2 rings (SSSR count). The fourth-order valence-electron chi connectivity index (χ4n) is 2.01. The minimum absolute atomic E-state index is 0.129. The van der Waals surface area contributed by atoms with Gasteiger partial charge in [0.15, 0.2) is 0 Å². The molecular weight excluding hydrogens is 298 g/mol. The normalized spacial score (nSPS) is 10.7. The minimum Gasteiger partial charge on any atom is -0.496 e. The molecule has 118 valence electrons. The van der Waals surface area contributed by atoms with Crippen LogP contribution in [-0.2, 0) is 0 Å². The maximum Gasteiger partial charge on any atom is 0.270 e. The number of amides is 1. The summed E-state index contributed by atoms with van der Waals surface area (Å²) in [7, 11) is 5.66. The molecule has 0 spiro atoms. The van der Waals surface area contributed by atoms with Crippen molar-refractivity contribution < 1.29 is 9.53 Å². The second kappa shape index (κ2) is 7.91. The van der Waals surface area contributed by atoms with Crippen molar-refractivity contribution in [1.29, 1.82) is 0 Å². The zero-order chi connectivity index (χ0) is 15.9. The highest BCUT2D eigenvalue weighted by Crippen LogP contribution is 2.31. The molecule has 0 aliphatic carbocycles. The molecule has 2 aromatic rings. The summed E-state index contributed by atoms with van der Waals surface area (Å²) in [4.78, 5) is 18.6. The predicted molar refractivity (Wildman–Crippen MR) is 89.6 cm³/mol. The van der Waals surface area contributed by atoms with Crippen molar-refractivity contribution in [2.24, 2.45) is 0 Å². The van der Waals surface area contributed by atoms with Gasteiger partial charge in [-0.2, -0.15) is 0 Å². The van der Waals surface area contributed by atoms with Gasteiger partial charge in [0.2, 0.25) is 0 Å². The molecule has 1 N–H and O–H groups in total. The third-order valence-corrected chi connectivity index (χ3v) is 4.02. The van der Waals surface area contributed by atoms with Gasteiger partial charge in [-0.15, -0.1) is 11.3 Å². The first-order valence-electron chi connectivity index (χ1n) is 7.13. The van der Waals surface area contributed by atoms with Gasteiger partial charge in [0, 0.05) is 11.9 Å². The molecule has 0 atom stereocenters. The van der Waals surface area contributed by atoms with Gasteiger partial charge in [-0.3, -0.25) is 4.79 Å². The fraction of sp³-hybridized carbons (Fsp3) is 0.375. The summed E-state index contributed by atoms with van der Waals surface area (Å²) < 4.78 is 5.33. The number of hydrogen-bond acceptors (Lipinski definition) is 5. The lowest BCUT2D eigenvalue weighted by molar-refractivity contribution is 0.0948. The molecule has 1 amide bonds. The Morgan fingerprint density at radius 2 is 2.14 bits per heavy atom. The molecule has 1 heterocycles. The second-order valence-electron chi connectivity index (χ2n) is 5.15. The van der Waals surface area contributed by atoms with Crippen molar-refractivity contribution in [2.45, 2.75) is 6.42 Å². The van der Waals surface area contributed by atoms with Crippen LogP contribution in [-0.4, -0.2) is 50.1 Å². The van der Waals surface area contributed by atoms with Crippen molar-refractivity contribution in [2.75, 3.05) is 34.3 Å². The number of hydrogen-bond donors (Lipinski definition) is 1. The monoisotopic (exact) mass is 319 g/mol. The van der Waals surface area contributed by atoms with Gasteiger partial charge in [-0.25, -0.2) is 4.98 Å². The number of methoxy groups -OCH3 is 1. The summed E-state index contributed by atoms with van der Waals surface area (Å²) in [6.45, 7) is 1.60. The number of thiazole rings is 1. The molecular formula is C16H21N3O2S. The molecule has 6 heteroatoms. The SMILES string of the molecule is COc1ccccc1-c1nc(C(=O)NCCCN(C)C)cs1. The van der Waals surface area contributed by atoms with Crippen LogP contribution in [0.2, 0.25) is 0 Å². The van der Waals surface area contributed by atoms with Crippen molar-refractivity contribution >= 4 is 17.2 Å². The van der Waals surface area contributed by atoms with Gasteiger partial charge in [0.05, 0.1) is 12.7 Å². The number of ether oxygens (including phenoxy) is 1. The third kappa shape index (κ3) is 4.29. The summed E-state index contributed by atoms with van der Waals surface area (Å²) in [6, 6.07) is 7.67. The standard InChI is InChI=1S/C16H21N3O2S/c1-19(2)10-6-9-17-15(20)13-11-22-16(18-13)12-7-4-5-8-14(12)21-3/h4-5,7-8,11H,6,9-10H2,1-3H3,(H,17,20). The maximum absolute atomic E-state index is 12.1. The average molecular weight is 319 g/mol. The molecule has 5 nitrogen and oxygen atoms in total. The number of nitrogens with one attached hydrogen (secondary N) is 1. The summed E-state index contributed by atoms with van der Waals surface area (Å²) in [6.07, 6.45) is 0.919. The number of aromatic nitrogens is 1. The van der Waals surface area contributed by atoms with Crippen LogP contribution in [0.3, 0.4) is 0 Å². The Labute approximate surface area is 134 Å². The first-order chi connectivity index (χ1) is 10.6. The predicted octanol–water partition coefficient (Wildman–Crippen LogP) is 2.50. The van der Waals surface area contributed by atoms with Crippen LogP contribution < -0.4 is 10.1 Å². The topological polar surface area (TPSA) is 54.5 Å². The molecule has 0 fully saturated rings. The number of para-hydroxylation sites is 1.